The Bertz CT molecular complexity index is 779. The molecule has 0 atom stereocenters. The maximum Gasteiger partial charge on any atom is 0.263 e. The van der Waals surface area contributed by atoms with Crippen LogP contribution in [-0.2, 0) is 6.54 Å². The predicted molar refractivity (Wildman–Crippen MR) is 81.1 cm³/mol. The summed E-state index contributed by atoms with van der Waals surface area (Å²) in [5, 5.41) is 11.2. The Morgan fingerprint density at radius 2 is 2.33 bits per heavy atom. The number of rotatable bonds is 4. The van der Waals surface area contributed by atoms with Gasteiger partial charge in [0.05, 0.1) is 18.4 Å². The van der Waals surface area contributed by atoms with Gasteiger partial charge in [0.2, 0.25) is 0 Å². The van der Waals surface area contributed by atoms with Crippen LogP contribution < -0.4 is 11.1 Å². The molecule has 108 valence electrons. The standard InChI is InChI=1S/C13H14N6OS/c1-8-2-3-16-13-9(8)10(14)11(21-13)12(20)15-4-6-19-7-5-17-18-19/h2-3,5,7H,4,6,14H2,1H3,(H,15,20). The SMILES string of the molecule is Cc1ccnc2sc(C(=O)NCCn3ccnn3)c(N)c12. The molecule has 0 spiro atoms. The second-order valence-corrected chi connectivity index (χ2v) is 5.57. The molecule has 7 nitrogen and oxygen atoms in total. The van der Waals surface area contributed by atoms with E-state index in [1.54, 1.807) is 23.3 Å². The summed E-state index contributed by atoms with van der Waals surface area (Å²) in [5.74, 6) is -0.185. The number of nitrogens with two attached hydrogens (primary N) is 1. The largest absolute Gasteiger partial charge is 0.397 e. The first-order valence-electron chi connectivity index (χ1n) is 6.42. The summed E-state index contributed by atoms with van der Waals surface area (Å²) in [6.45, 7) is 2.98. The van der Waals surface area contributed by atoms with Gasteiger partial charge < -0.3 is 11.1 Å². The Kier molecular flexibility index (Phi) is 3.53. The van der Waals surface area contributed by atoms with E-state index in [1.807, 2.05) is 13.0 Å². The number of fused-ring (bicyclic) bond motifs is 1. The van der Waals surface area contributed by atoms with Crippen molar-refractivity contribution in [2.24, 2.45) is 0 Å². The van der Waals surface area contributed by atoms with Crippen LogP contribution in [-0.4, -0.2) is 32.4 Å². The Hall–Kier alpha value is -2.48. The molecule has 0 fully saturated rings. The van der Waals surface area contributed by atoms with Crippen molar-refractivity contribution < 1.29 is 4.79 Å². The molecule has 0 aliphatic rings. The molecular weight excluding hydrogens is 288 g/mol. The molecule has 3 heterocycles. The number of aryl methyl sites for hydroxylation is 1. The van der Waals surface area contributed by atoms with Gasteiger partial charge in [0.15, 0.2) is 0 Å². The number of nitrogens with zero attached hydrogens (tertiary/aromatic N) is 4. The molecule has 21 heavy (non-hydrogen) atoms. The van der Waals surface area contributed by atoms with Crippen molar-refractivity contribution in [3.63, 3.8) is 0 Å². The molecule has 3 aromatic heterocycles. The van der Waals surface area contributed by atoms with E-state index in [-0.39, 0.29) is 5.91 Å². The second-order valence-electron chi connectivity index (χ2n) is 4.57. The number of hydrogen-bond donors (Lipinski definition) is 2. The molecular formula is C13H14N6OS. The minimum atomic E-state index is -0.185. The first kappa shape index (κ1) is 13.5. The van der Waals surface area contributed by atoms with Crippen molar-refractivity contribution in [3.05, 3.63) is 35.1 Å². The van der Waals surface area contributed by atoms with E-state index in [0.29, 0.717) is 23.7 Å². The number of carbonyl (C=O) groups is 1. The van der Waals surface area contributed by atoms with Crippen molar-refractivity contribution >= 4 is 33.1 Å². The van der Waals surface area contributed by atoms with Gasteiger partial charge in [0, 0.05) is 24.3 Å². The van der Waals surface area contributed by atoms with Gasteiger partial charge in [-0.05, 0) is 18.6 Å². The molecule has 0 aliphatic heterocycles. The zero-order chi connectivity index (χ0) is 14.8. The number of anilines is 1. The lowest BCUT2D eigenvalue weighted by atomic mass is 10.2. The summed E-state index contributed by atoms with van der Waals surface area (Å²) in [6, 6.07) is 1.89. The van der Waals surface area contributed by atoms with Crippen LogP contribution >= 0.6 is 11.3 Å². The van der Waals surface area contributed by atoms with Crippen molar-refractivity contribution in [1.29, 1.82) is 0 Å². The highest BCUT2D eigenvalue weighted by atomic mass is 32.1. The van der Waals surface area contributed by atoms with E-state index >= 15 is 0 Å². The van der Waals surface area contributed by atoms with Crippen LogP contribution in [0.25, 0.3) is 10.2 Å². The maximum atomic E-state index is 12.2. The average Bonchev–Trinajstić information content (AvgIpc) is 3.08. The highest BCUT2D eigenvalue weighted by molar-refractivity contribution is 7.21. The monoisotopic (exact) mass is 302 g/mol. The van der Waals surface area contributed by atoms with Crippen LogP contribution in [0.15, 0.2) is 24.7 Å². The summed E-state index contributed by atoms with van der Waals surface area (Å²) in [4.78, 5) is 17.8. The number of nitrogen functional groups attached to an aromatic ring is 1. The zero-order valence-corrected chi connectivity index (χ0v) is 12.2. The van der Waals surface area contributed by atoms with Crippen LogP contribution in [0.3, 0.4) is 0 Å². The third-order valence-electron chi connectivity index (χ3n) is 3.14. The third kappa shape index (κ3) is 2.57. The predicted octanol–water partition coefficient (Wildman–Crippen LogP) is 1.21. The van der Waals surface area contributed by atoms with Crippen LogP contribution in [0.2, 0.25) is 0 Å². The number of pyridine rings is 1. The molecule has 8 heteroatoms. The van der Waals surface area contributed by atoms with E-state index in [4.69, 9.17) is 5.73 Å². The summed E-state index contributed by atoms with van der Waals surface area (Å²) >= 11 is 1.31. The lowest BCUT2D eigenvalue weighted by molar-refractivity contribution is 0.0957. The summed E-state index contributed by atoms with van der Waals surface area (Å²) in [5.41, 5.74) is 7.61. The fourth-order valence-corrected chi connectivity index (χ4v) is 3.15. The van der Waals surface area contributed by atoms with Gasteiger partial charge in [0.25, 0.3) is 5.91 Å². The second kappa shape index (κ2) is 5.49. The topological polar surface area (TPSA) is 98.7 Å². The Balaban J connectivity index is 1.75. The maximum absolute atomic E-state index is 12.2. The van der Waals surface area contributed by atoms with E-state index < -0.39 is 0 Å². The average molecular weight is 302 g/mol. The fourth-order valence-electron chi connectivity index (χ4n) is 2.09. The van der Waals surface area contributed by atoms with Gasteiger partial charge in [-0.1, -0.05) is 5.21 Å². The zero-order valence-electron chi connectivity index (χ0n) is 11.4. The third-order valence-corrected chi connectivity index (χ3v) is 4.25. The minimum absolute atomic E-state index is 0.185. The van der Waals surface area contributed by atoms with Gasteiger partial charge in [0.1, 0.15) is 9.71 Å². The molecule has 3 aromatic rings. The number of nitrogens with one attached hydrogen (secondary N) is 1. The minimum Gasteiger partial charge on any atom is -0.397 e. The number of carbonyl (C=O) groups excluding carboxylic acids is 1. The van der Waals surface area contributed by atoms with Crippen molar-refractivity contribution in [2.75, 3.05) is 12.3 Å². The summed E-state index contributed by atoms with van der Waals surface area (Å²) < 4.78 is 1.65. The molecule has 0 aromatic carbocycles. The Labute approximate surface area is 124 Å². The number of thiophene rings is 1. The molecule has 1 amide bonds. The van der Waals surface area contributed by atoms with Gasteiger partial charge in [-0.25, -0.2) is 4.98 Å². The molecule has 0 radical (unpaired) electrons. The van der Waals surface area contributed by atoms with Crippen molar-refractivity contribution in [2.45, 2.75) is 13.5 Å². The first-order chi connectivity index (χ1) is 10.2. The van der Waals surface area contributed by atoms with E-state index in [2.05, 4.69) is 20.6 Å². The lowest BCUT2D eigenvalue weighted by Crippen LogP contribution is -2.27. The van der Waals surface area contributed by atoms with Crippen LogP contribution in [0.5, 0.6) is 0 Å². The fraction of sp³-hybridized carbons (Fsp3) is 0.231. The quantitative estimate of drug-likeness (QED) is 0.754. The van der Waals surface area contributed by atoms with Crippen molar-refractivity contribution in [1.82, 2.24) is 25.3 Å². The van der Waals surface area contributed by atoms with Gasteiger partial charge in [-0.15, -0.1) is 16.4 Å². The normalized spacial score (nSPS) is 10.9. The molecule has 0 unspecified atom stereocenters. The summed E-state index contributed by atoms with van der Waals surface area (Å²) in [6.07, 6.45) is 5.06. The molecule has 0 bridgehead atoms. The van der Waals surface area contributed by atoms with Gasteiger partial charge >= 0.3 is 0 Å². The van der Waals surface area contributed by atoms with E-state index in [9.17, 15) is 4.79 Å². The lowest BCUT2D eigenvalue weighted by Gasteiger charge is -2.04. The van der Waals surface area contributed by atoms with Gasteiger partial charge in [-0.2, -0.15) is 0 Å². The number of aromatic nitrogens is 4. The van der Waals surface area contributed by atoms with Crippen LogP contribution in [0.1, 0.15) is 15.2 Å². The van der Waals surface area contributed by atoms with E-state index in [0.717, 1.165) is 15.8 Å². The molecule has 0 saturated heterocycles. The Morgan fingerprint density at radius 3 is 3.05 bits per heavy atom. The van der Waals surface area contributed by atoms with Crippen LogP contribution in [0.4, 0.5) is 5.69 Å². The molecule has 3 rings (SSSR count). The number of hydrogen-bond acceptors (Lipinski definition) is 6. The number of amides is 1. The van der Waals surface area contributed by atoms with Crippen LogP contribution in [0, 0.1) is 6.92 Å². The summed E-state index contributed by atoms with van der Waals surface area (Å²) in [7, 11) is 0. The smallest absolute Gasteiger partial charge is 0.263 e. The highest BCUT2D eigenvalue weighted by Crippen LogP contribution is 2.34. The first-order valence-corrected chi connectivity index (χ1v) is 7.24. The van der Waals surface area contributed by atoms with E-state index in [1.165, 1.54) is 11.3 Å². The van der Waals surface area contributed by atoms with Gasteiger partial charge in [-0.3, -0.25) is 9.48 Å². The highest BCUT2D eigenvalue weighted by Gasteiger charge is 2.17. The molecule has 0 saturated carbocycles. The Morgan fingerprint density at radius 1 is 1.48 bits per heavy atom. The molecule has 3 N–H and O–H groups in total. The molecule has 0 aliphatic carbocycles. The van der Waals surface area contributed by atoms with Crippen molar-refractivity contribution in [3.8, 4) is 0 Å².